The molecule has 0 aliphatic rings. The first-order chi connectivity index (χ1) is 6.89. The number of hydrogen-bond acceptors (Lipinski definition) is 3. The highest BCUT2D eigenvalue weighted by molar-refractivity contribution is 7.17. The summed E-state index contributed by atoms with van der Waals surface area (Å²) in [6.07, 6.45) is -4.50. The molecule has 0 aromatic carbocycles. The second-order valence-electron chi connectivity index (χ2n) is 2.94. The first-order valence-corrected chi connectivity index (χ1v) is 5.14. The average molecular weight is 253 g/mol. The van der Waals surface area contributed by atoms with Gasteiger partial charge in [-0.15, -0.1) is 11.3 Å². The lowest BCUT2D eigenvalue weighted by molar-refractivity contribution is -0.139. The number of thiophene rings is 1. The molecule has 0 saturated carbocycles. The molecule has 0 aliphatic carbocycles. The van der Waals surface area contributed by atoms with Crippen molar-refractivity contribution in [1.82, 2.24) is 9.97 Å². The Morgan fingerprint density at radius 1 is 1.33 bits per heavy atom. The Kier molecular flexibility index (Phi) is 2.35. The van der Waals surface area contributed by atoms with Crippen LogP contribution in [0.15, 0.2) is 5.38 Å². The molecular formula is C8H4ClF3N2S. The van der Waals surface area contributed by atoms with Gasteiger partial charge in [0.1, 0.15) is 0 Å². The van der Waals surface area contributed by atoms with E-state index in [9.17, 15) is 13.2 Å². The minimum absolute atomic E-state index is 0.0319. The highest BCUT2D eigenvalue weighted by Gasteiger charge is 2.36. The zero-order valence-corrected chi connectivity index (χ0v) is 8.96. The van der Waals surface area contributed by atoms with Gasteiger partial charge in [-0.25, -0.2) is 9.97 Å². The van der Waals surface area contributed by atoms with Crippen molar-refractivity contribution in [2.24, 2.45) is 0 Å². The van der Waals surface area contributed by atoms with Crippen LogP contribution in [-0.2, 0) is 6.18 Å². The largest absolute Gasteiger partial charge is 0.434 e. The monoisotopic (exact) mass is 252 g/mol. The predicted molar refractivity (Wildman–Crippen MR) is 52.2 cm³/mol. The van der Waals surface area contributed by atoms with Crippen molar-refractivity contribution in [3.8, 4) is 0 Å². The van der Waals surface area contributed by atoms with Crippen molar-refractivity contribution in [1.29, 1.82) is 0 Å². The van der Waals surface area contributed by atoms with Crippen LogP contribution >= 0.6 is 22.9 Å². The normalized spacial score (nSPS) is 12.3. The summed E-state index contributed by atoms with van der Waals surface area (Å²) in [5.41, 5.74) is -0.0206. The molecule has 0 unspecified atom stereocenters. The van der Waals surface area contributed by atoms with Gasteiger partial charge in [0.05, 0.1) is 10.2 Å². The minimum Gasteiger partial charge on any atom is -0.217 e. The first kappa shape index (κ1) is 10.6. The van der Waals surface area contributed by atoms with E-state index >= 15 is 0 Å². The van der Waals surface area contributed by atoms with E-state index in [1.54, 1.807) is 12.3 Å². The van der Waals surface area contributed by atoms with Gasteiger partial charge in [-0.05, 0) is 29.5 Å². The molecule has 0 amide bonds. The summed E-state index contributed by atoms with van der Waals surface area (Å²) in [6.45, 7) is 1.68. The zero-order valence-electron chi connectivity index (χ0n) is 7.39. The third-order valence-electron chi connectivity index (χ3n) is 1.83. The van der Waals surface area contributed by atoms with Gasteiger partial charge in [0, 0.05) is 0 Å². The quantitative estimate of drug-likeness (QED) is 0.669. The van der Waals surface area contributed by atoms with Crippen molar-refractivity contribution in [2.45, 2.75) is 13.1 Å². The topological polar surface area (TPSA) is 25.8 Å². The third-order valence-corrected chi connectivity index (χ3v) is 3.10. The van der Waals surface area contributed by atoms with Crippen LogP contribution in [0.5, 0.6) is 0 Å². The lowest BCUT2D eigenvalue weighted by Crippen LogP contribution is -2.09. The molecule has 0 atom stereocenters. The van der Waals surface area contributed by atoms with Gasteiger partial charge in [-0.1, -0.05) is 0 Å². The van der Waals surface area contributed by atoms with Crippen LogP contribution in [0.3, 0.4) is 0 Å². The van der Waals surface area contributed by atoms with E-state index in [4.69, 9.17) is 11.6 Å². The van der Waals surface area contributed by atoms with Crippen LogP contribution in [0.4, 0.5) is 13.2 Å². The van der Waals surface area contributed by atoms with E-state index in [2.05, 4.69) is 9.97 Å². The molecule has 15 heavy (non-hydrogen) atoms. The number of alkyl halides is 3. The summed E-state index contributed by atoms with van der Waals surface area (Å²) in [6, 6.07) is 0. The van der Waals surface area contributed by atoms with Crippen LogP contribution in [0.25, 0.3) is 10.2 Å². The van der Waals surface area contributed by atoms with E-state index in [1.165, 1.54) is 0 Å². The Labute approximate surface area is 91.7 Å². The fourth-order valence-corrected chi connectivity index (χ4v) is 2.36. The Morgan fingerprint density at radius 2 is 2.00 bits per heavy atom. The maximum atomic E-state index is 12.6. The maximum absolute atomic E-state index is 12.6. The molecule has 2 rings (SSSR count). The van der Waals surface area contributed by atoms with Crippen LogP contribution in [0, 0.1) is 6.92 Å². The first-order valence-electron chi connectivity index (χ1n) is 3.88. The van der Waals surface area contributed by atoms with E-state index in [-0.39, 0.29) is 15.5 Å². The van der Waals surface area contributed by atoms with Crippen molar-refractivity contribution >= 4 is 33.2 Å². The van der Waals surface area contributed by atoms with Crippen LogP contribution in [0.2, 0.25) is 5.28 Å². The number of halogens is 4. The van der Waals surface area contributed by atoms with Crippen molar-refractivity contribution in [3.63, 3.8) is 0 Å². The standard InChI is InChI=1S/C8H4ClF3N2S/c1-3-2-15-5-4(3)13-7(9)14-6(5)8(10,11)12/h2H,1H3. The lowest BCUT2D eigenvalue weighted by Gasteiger charge is -2.06. The molecule has 0 radical (unpaired) electrons. The smallest absolute Gasteiger partial charge is 0.217 e. The summed E-state index contributed by atoms with van der Waals surface area (Å²) < 4.78 is 37.7. The maximum Gasteiger partial charge on any atom is 0.434 e. The van der Waals surface area contributed by atoms with E-state index in [1.807, 2.05) is 0 Å². The van der Waals surface area contributed by atoms with Gasteiger partial charge in [0.25, 0.3) is 0 Å². The summed E-state index contributed by atoms with van der Waals surface area (Å²) in [4.78, 5) is 7.00. The second kappa shape index (κ2) is 3.31. The SMILES string of the molecule is Cc1csc2c(C(F)(F)F)nc(Cl)nc12. The fraction of sp³-hybridized carbons (Fsp3) is 0.250. The van der Waals surface area contributed by atoms with Gasteiger partial charge in [-0.3, -0.25) is 0 Å². The van der Waals surface area contributed by atoms with Crippen LogP contribution in [-0.4, -0.2) is 9.97 Å². The summed E-state index contributed by atoms with van der Waals surface area (Å²) in [7, 11) is 0. The molecule has 0 fully saturated rings. The zero-order chi connectivity index (χ0) is 11.2. The number of aryl methyl sites for hydroxylation is 1. The van der Waals surface area contributed by atoms with Gasteiger partial charge in [-0.2, -0.15) is 13.2 Å². The molecule has 0 bridgehead atoms. The predicted octanol–water partition coefficient (Wildman–Crippen LogP) is 3.67. The molecule has 0 spiro atoms. The lowest BCUT2D eigenvalue weighted by atomic mass is 10.3. The second-order valence-corrected chi connectivity index (χ2v) is 4.15. The molecule has 80 valence electrons. The number of nitrogens with zero attached hydrogens (tertiary/aromatic N) is 2. The number of fused-ring (bicyclic) bond motifs is 1. The van der Waals surface area contributed by atoms with Gasteiger partial charge in [0.2, 0.25) is 5.28 Å². The van der Waals surface area contributed by atoms with Crippen molar-refractivity contribution in [3.05, 3.63) is 21.9 Å². The Bertz CT molecular complexity index is 520. The molecule has 2 aromatic rings. The molecular weight excluding hydrogens is 249 g/mol. The molecule has 2 heterocycles. The Hall–Kier alpha value is -0.880. The molecule has 7 heteroatoms. The van der Waals surface area contributed by atoms with Gasteiger partial charge >= 0.3 is 6.18 Å². The molecule has 2 aromatic heterocycles. The molecule has 0 saturated heterocycles. The van der Waals surface area contributed by atoms with E-state index in [0.29, 0.717) is 5.56 Å². The van der Waals surface area contributed by atoms with Crippen molar-refractivity contribution < 1.29 is 13.2 Å². The van der Waals surface area contributed by atoms with Crippen LogP contribution in [0.1, 0.15) is 11.3 Å². The summed E-state index contributed by atoms with van der Waals surface area (Å²) in [5.74, 6) is 0. The van der Waals surface area contributed by atoms with Gasteiger partial charge in [0.15, 0.2) is 5.69 Å². The molecule has 0 aliphatic heterocycles. The highest BCUT2D eigenvalue weighted by Crippen LogP contribution is 2.37. The van der Waals surface area contributed by atoms with E-state index in [0.717, 1.165) is 11.3 Å². The number of hydrogen-bond donors (Lipinski definition) is 0. The van der Waals surface area contributed by atoms with Crippen molar-refractivity contribution in [2.75, 3.05) is 0 Å². The van der Waals surface area contributed by atoms with Gasteiger partial charge < -0.3 is 0 Å². The molecule has 0 N–H and O–H groups in total. The Morgan fingerprint density at radius 3 is 2.60 bits per heavy atom. The Balaban J connectivity index is 2.84. The molecule has 2 nitrogen and oxygen atoms in total. The average Bonchev–Trinajstić information content (AvgIpc) is 2.45. The number of rotatable bonds is 0. The minimum atomic E-state index is -4.50. The highest BCUT2D eigenvalue weighted by atomic mass is 35.5. The summed E-state index contributed by atoms with van der Waals surface area (Å²) in [5, 5.41) is 1.22. The third kappa shape index (κ3) is 1.79. The number of aromatic nitrogens is 2. The van der Waals surface area contributed by atoms with Crippen LogP contribution < -0.4 is 0 Å². The van der Waals surface area contributed by atoms with E-state index < -0.39 is 11.9 Å². The summed E-state index contributed by atoms with van der Waals surface area (Å²) >= 11 is 6.41. The fourth-order valence-electron chi connectivity index (χ4n) is 1.20.